The molecule has 0 spiro atoms. The minimum atomic E-state index is -4.29. The Labute approximate surface area is 85.1 Å². The number of amides is 1. The fourth-order valence-corrected chi connectivity index (χ4v) is 1.12. The molecule has 0 unspecified atom stereocenters. The lowest BCUT2D eigenvalue weighted by Gasteiger charge is -2.11. The highest BCUT2D eigenvalue weighted by atomic mass is 19.4. The summed E-state index contributed by atoms with van der Waals surface area (Å²) in [5, 5.41) is 0. The molecular formula is C9H11F3N2O. The molecule has 0 atom stereocenters. The first-order valence-electron chi connectivity index (χ1n) is 3.99. The fraction of sp³-hybridized carbons (Fsp3) is 0.333. The number of hydrogen-bond donors (Lipinski definition) is 1. The molecule has 84 valence electrons. The highest BCUT2D eigenvalue weighted by Crippen LogP contribution is 2.32. The number of pyridine rings is 1. The molecule has 0 fully saturated rings. The molecule has 0 saturated heterocycles. The van der Waals surface area contributed by atoms with E-state index < -0.39 is 11.7 Å². The van der Waals surface area contributed by atoms with Crippen molar-refractivity contribution in [1.29, 1.82) is 0 Å². The smallest absolute Gasteiger partial charge is 0.372 e. The number of nitrogens with two attached hydrogens (primary N) is 1. The first kappa shape index (κ1) is 13.4. The Morgan fingerprint density at radius 2 is 1.87 bits per heavy atom. The van der Waals surface area contributed by atoms with Crippen LogP contribution in [0.15, 0.2) is 12.3 Å². The van der Waals surface area contributed by atoms with Crippen LogP contribution in [0.4, 0.5) is 13.2 Å². The van der Waals surface area contributed by atoms with E-state index in [9.17, 15) is 13.2 Å². The number of primary amides is 1. The summed E-state index contributed by atoms with van der Waals surface area (Å²) in [6.45, 7) is 2.79. The molecule has 0 aliphatic rings. The van der Waals surface area contributed by atoms with Gasteiger partial charge in [0.2, 0.25) is 6.41 Å². The number of rotatable bonds is 0. The number of carbonyl (C=O) groups excluding carboxylic acids is 1. The molecule has 0 saturated carbocycles. The summed E-state index contributed by atoms with van der Waals surface area (Å²) in [7, 11) is 0. The lowest BCUT2D eigenvalue weighted by atomic mass is 10.1. The molecule has 0 aliphatic carbocycles. The first-order chi connectivity index (χ1) is 6.84. The highest BCUT2D eigenvalue weighted by molar-refractivity contribution is 5.42. The van der Waals surface area contributed by atoms with Gasteiger partial charge in [-0.25, -0.2) is 0 Å². The molecule has 1 amide bonds. The van der Waals surface area contributed by atoms with Crippen LogP contribution in [0, 0.1) is 13.8 Å². The molecule has 1 aromatic heterocycles. The zero-order valence-corrected chi connectivity index (χ0v) is 8.30. The molecule has 1 rings (SSSR count). The SMILES string of the molecule is Cc1ccnc(C)c1C(F)(F)F.NC=O. The van der Waals surface area contributed by atoms with Crippen molar-refractivity contribution in [1.82, 2.24) is 4.98 Å². The second-order valence-electron chi connectivity index (χ2n) is 2.72. The van der Waals surface area contributed by atoms with Gasteiger partial charge in [-0.2, -0.15) is 13.2 Å². The number of nitrogens with zero attached hydrogens (tertiary/aromatic N) is 1. The van der Waals surface area contributed by atoms with Gasteiger partial charge in [0.05, 0.1) is 5.56 Å². The van der Waals surface area contributed by atoms with Gasteiger partial charge in [0.25, 0.3) is 0 Å². The Bertz CT molecular complexity index is 316. The Balaban J connectivity index is 0.000000583. The molecule has 0 bridgehead atoms. The molecule has 0 aliphatic heterocycles. The van der Waals surface area contributed by atoms with Crippen molar-refractivity contribution in [2.75, 3.05) is 0 Å². The molecular weight excluding hydrogens is 209 g/mol. The summed E-state index contributed by atoms with van der Waals surface area (Å²) in [5.74, 6) is 0. The number of aryl methyl sites for hydroxylation is 2. The standard InChI is InChI=1S/C8H8F3N.CH3NO/c1-5-3-4-12-6(2)7(5)8(9,10)11;2-1-3/h3-4H,1-2H3;1H,(H2,2,3). The van der Waals surface area contributed by atoms with Gasteiger partial charge in [0, 0.05) is 11.9 Å². The molecule has 1 heterocycles. The maximum atomic E-state index is 12.3. The van der Waals surface area contributed by atoms with Gasteiger partial charge in [-0.3, -0.25) is 9.78 Å². The monoisotopic (exact) mass is 220 g/mol. The maximum absolute atomic E-state index is 12.3. The summed E-state index contributed by atoms with van der Waals surface area (Å²) >= 11 is 0. The molecule has 3 nitrogen and oxygen atoms in total. The maximum Gasteiger partial charge on any atom is 0.418 e. The van der Waals surface area contributed by atoms with Crippen LogP contribution in [-0.4, -0.2) is 11.4 Å². The zero-order chi connectivity index (χ0) is 12.1. The van der Waals surface area contributed by atoms with Gasteiger partial charge in [0.1, 0.15) is 0 Å². The van der Waals surface area contributed by atoms with Crippen LogP contribution in [0.3, 0.4) is 0 Å². The van der Waals surface area contributed by atoms with Crippen molar-refractivity contribution in [3.8, 4) is 0 Å². The second kappa shape index (κ2) is 5.33. The number of carbonyl (C=O) groups is 1. The fourth-order valence-electron chi connectivity index (χ4n) is 1.12. The number of hydrogen-bond acceptors (Lipinski definition) is 2. The molecule has 2 N–H and O–H groups in total. The third-order valence-corrected chi connectivity index (χ3v) is 1.63. The van der Waals surface area contributed by atoms with Crippen LogP contribution in [-0.2, 0) is 11.0 Å². The van der Waals surface area contributed by atoms with Crippen molar-refractivity contribution in [3.05, 3.63) is 29.1 Å². The number of aromatic nitrogens is 1. The second-order valence-corrected chi connectivity index (χ2v) is 2.72. The number of alkyl halides is 3. The Morgan fingerprint density at radius 3 is 2.13 bits per heavy atom. The van der Waals surface area contributed by atoms with E-state index >= 15 is 0 Å². The minimum absolute atomic E-state index is 0.0301. The third-order valence-electron chi connectivity index (χ3n) is 1.63. The normalized spacial score (nSPS) is 10.2. The van der Waals surface area contributed by atoms with E-state index in [0.717, 1.165) is 0 Å². The molecule has 1 aromatic rings. The molecule has 0 aromatic carbocycles. The summed E-state index contributed by atoms with van der Waals surface area (Å²) in [6, 6.07) is 1.36. The van der Waals surface area contributed by atoms with Crippen LogP contribution in [0.25, 0.3) is 0 Å². The van der Waals surface area contributed by atoms with Gasteiger partial charge in [-0.15, -0.1) is 0 Å². The summed E-state index contributed by atoms with van der Waals surface area (Å²) in [5.41, 5.74) is 3.79. The van der Waals surface area contributed by atoms with Gasteiger partial charge in [-0.1, -0.05) is 0 Å². The summed E-state index contributed by atoms with van der Waals surface area (Å²) < 4.78 is 36.8. The van der Waals surface area contributed by atoms with Gasteiger partial charge < -0.3 is 5.73 Å². The van der Waals surface area contributed by atoms with Crippen molar-refractivity contribution >= 4 is 6.41 Å². The summed E-state index contributed by atoms with van der Waals surface area (Å²) in [4.78, 5) is 12.2. The highest BCUT2D eigenvalue weighted by Gasteiger charge is 2.34. The van der Waals surface area contributed by atoms with Crippen LogP contribution in [0.2, 0.25) is 0 Å². The average molecular weight is 220 g/mol. The third kappa shape index (κ3) is 3.97. The van der Waals surface area contributed by atoms with Crippen molar-refractivity contribution < 1.29 is 18.0 Å². The molecule has 15 heavy (non-hydrogen) atoms. The van der Waals surface area contributed by atoms with Gasteiger partial charge in [0.15, 0.2) is 0 Å². The van der Waals surface area contributed by atoms with Crippen molar-refractivity contribution in [3.63, 3.8) is 0 Å². The van der Waals surface area contributed by atoms with E-state index in [2.05, 4.69) is 10.7 Å². The van der Waals surface area contributed by atoms with Gasteiger partial charge >= 0.3 is 6.18 Å². The van der Waals surface area contributed by atoms with E-state index in [1.165, 1.54) is 26.1 Å². The van der Waals surface area contributed by atoms with Crippen molar-refractivity contribution in [2.24, 2.45) is 5.73 Å². The number of halogens is 3. The predicted octanol–water partition coefficient (Wildman–Crippen LogP) is 1.82. The average Bonchev–Trinajstić information content (AvgIpc) is 2.02. The zero-order valence-electron chi connectivity index (χ0n) is 8.30. The van der Waals surface area contributed by atoms with Crippen LogP contribution < -0.4 is 5.73 Å². The minimum Gasteiger partial charge on any atom is -0.372 e. The Hall–Kier alpha value is -1.59. The molecule has 0 radical (unpaired) electrons. The van der Waals surface area contributed by atoms with E-state index in [1.54, 1.807) is 0 Å². The van der Waals surface area contributed by atoms with Crippen LogP contribution in [0.1, 0.15) is 16.8 Å². The Kier molecular flexibility index (Phi) is 4.77. The van der Waals surface area contributed by atoms with Crippen LogP contribution in [0.5, 0.6) is 0 Å². The molecule has 6 heteroatoms. The lowest BCUT2D eigenvalue weighted by Crippen LogP contribution is -2.10. The first-order valence-corrected chi connectivity index (χ1v) is 3.99. The quantitative estimate of drug-likeness (QED) is 0.678. The van der Waals surface area contributed by atoms with E-state index in [4.69, 9.17) is 4.79 Å². The van der Waals surface area contributed by atoms with Gasteiger partial charge in [-0.05, 0) is 25.5 Å². The van der Waals surface area contributed by atoms with E-state index in [1.807, 2.05) is 0 Å². The van der Waals surface area contributed by atoms with E-state index in [0.29, 0.717) is 0 Å². The van der Waals surface area contributed by atoms with Crippen LogP contribution >= 0.6 is 0 Å². The lowest BCUT2D eigenvalue weighted by molar-refractivity contribution is -0.138. The van der Waals surface area contributed by atoms with E-state index in [-0.39, 0.29) is 17.7 Å². The topological polar surface area (TPSA) is 56.0 Å². The Morgan fingerprint density at radius 1 is 1.40 bits per heavy atom. The largest absolute Gasteiger partial charge is 0.418 e. The van der Waals surface area contributed by atoms with Crippen molar-refractivity contribution in [2.45, 2.75) is 20.0 Å². The predicted molar refractivity (Wildman–Crippen MR) is 49.0 cm³/mol. The summed E-state index contributed by atoms with van der Waals surface area (Å²) in [6.07, 6.45) is -2.66.